The van der Waals surface area contributed by atoms with E-state index in [-0.39, 0.29) is 5.78 Å². The summed E-state index contributed by atoms with van der Waals surface area (Å²) in [6.45, 7) is 0.784. The van der Waals surface area contributed by atoms with Crippen molar-refractivity contribution >= 4 is 5.78 Å². The molecule has 6 heteroatoms. The first kappa shape index (κ1) is 13.8. The van der Waals surface area contributed by atoms with Crippen LogP contribution in [0.1, 0.15) is 29.6 Å². The van der Waals surface area contributed by atoms with Crippen molar-refractivity contribution in [2.75, 3.05) is 20.3 Å². The first-order valence-electron chi connectivity index (χ1n) is 6.82. The Balaban J connectivity index is 1.77. The first-order chi connectivity index (χ1) is 10.3. The van der Waals surface area contributed by atoms with Crippen LogP contribution in [-0.4, -0.2) is 36.2 Å². The van der Waals surface area contributed by atoms with Gasteiger partial charge in [-0.25, -0.2) is 0 Å². The van der Waals surface area contributed by atoms with Crippen LogP contribution in [0.3, 0.4) is 0 Å². The van der Waals surface area contributed by atoms with Gasteiger partial charge in [0.15, 0.2) is 5.82 Å². The smallest absolute Gasteiger partial charge is 0.239 e. The van der Waals surface area contributed by atoms with Crippen molar-refractivity contribution in [2.24, 2.45) is 0 Å². The molecule has 1 saturated heterocycles. The Labute approximate surface area is 122 Å². The molecule has 0 spiro atoms. The van der Waals surface area contributed by atoms with Gasteiger partial charge in [0.2, 0.25) is 5.89 Å². The highest BCUT2D eigenvalue weighted by molar-refractivity contribution is 5.85. The van der Waals surface area contributed by atoms with Crippen molar-refractivity contribution in [2.45, 2.75) is 18.8 Å². The second kappa shape index (κ2) is 6.05. The highest BCUT2D eigenvalue weighted by Crippen LogP contribution is 2.23. The van der Waals surface area contributed by atoms with Gasteiger partial charge in [0.1, 0.15) is 17.5 Å². The summed E-state index contributed by atoms with van der Waals surface area (Å²) in [6, 6.07) is 7.66. The summed E-state index contributed by atoms with van der Waals surface area (Å²) in [7, 11) is 1.62. The molecule has 1 aromatic heterocycles. The SMILES string of the molecule is COc1ccccc1Cc1noc(C2COCCC2=O)n1. The van der Waals surface area contributed by atoms with E-state index in [1.165, 1.54) is 0 Å². The Hall–Kier alpha value is -2.21. The molecule has 0 aliphatic carbocycles. The fourth-order valence-corrected chi connectivity index (χ4v) is 2.35. The van der Waals surface area contributed by atoms with Gasteiger partial charge in [-0.15, -0.1) is 0 Å². The quantitative estimate of drug-likeness (QED) is 0.853. The number of aromatic nitrogens is 2. The molecular formula is C15H16N2O4. The summed E-state index contributed by atoms with van der Waals surface area (Å²) in [5, 5.41) is 3.95. The van der Waals surface area contributed by atoms with Crippen LogP contribution in [0.5, 0.6) is 5.75 Å². The zero-order chi connectivity index (χ0) is 14.7. The third kappa shape index (κ3) is 2.95. The number of ketones is 1. The molecule has 1 aliphatic heterocycles. The van der Waals surface area contributed by atoms with Crippen LogP contribution in [0, 0.1) is 0 Å². The van der Waals surface area contributed by atoms with Gasteiger partial charge in [-0.05, 0) is 6.07 Å². The predicted octanol–water partition coefficient (Wildman–Crippen LogP) is 1.74. The standard InChI is InChI=1S/C15H16N2O4/c1-19-13-5-3-2-4-10(13)8-14-16-15(21-17-14)11-9-20-7-6-12(11)18/h2-5,11H,6-9H2,1H3. The van der Waals surface area contributed by atoms with Gasteiger partial charge in [0, 0.05) is 18.4 Å². The van der Waals surface area contributed by atoms with E-state index in [4.69, 9.17) is 14.0 Å². The molecule has 1 unspecified atom stereocenters. The van der Waals surface area contributed by atoms with Crippen molar-refractivity contribution in [3.63, 3.8) is 0 Å². The van der Waals surface area contributed by atoms with Crippen LogP contribution >= 0.6 is 0 Å². The average molecular weight is 288 g/mol. The van der Waals surface area contributed by atoms with E-state index in [2.05, 4.69) is 10.1 Å². The minimum Gasteiger partial charge on any atom is -0.496 e. The Morgan fingerprint density at radius 1 is 1.38 bits per heavy atom. The van der Waals surface area contributed by atoms with E-state index in [0.29, 0.717) is 37.8 Å². The Kier molecular flexibility index (Phi) is 3.96. The molecule has 3 rings (SSSR count). The summed E-state index contributed by atoms with van der Waals surface area (Å²) in [6.07, 6.45) is 0.893. The fourth-order valence-electron chi connectivity index (χ4n) is 2.35. The van der Waals surface area contributed by atoms with Crippen molar-refractivity contribution in [1.29, 1.82) is 0 Å². The van der Waals surface area contributed by atoms with Gasteiger partial charge in [-0.3, -0.25) is 4.79 Å². The number of para-hydroxylation sites is 1. The summed E-state index contributed by atoms with van der Waals surface area (Å²) in [4.78, 5) is 16.2. The second-order valence-electron chi connectivity index (χ2n) is 4.88. The molecule has 1 atom stereocenters. The topological polar surface area (TPSA) is 74.5 Å². The molecule has 0 bridgehead atoms. The molecule has 2 aromatic rings. The number of nitrogens with zero attached hydrogens (tertiary/aromatic N) is 2. The number of carbonyl (C=O) groups excluding carboxylic acids is 1. The van der Waals surface area contributed by atoms with Gasteiger partial charge in [-0.2, -0.15) is 4.98 Å². The molecule has 2 heterocycles. The minimum absolute atomic E-state index is 0.0914. The van der Waals surface area contributed by atoms with Crippen molar-refractivity contribution < 1.29 is 18.8 Å². The third-order valence-corrected chi connectivity index (χ3v) is 3.49. The molecule has 0 saturated carbocycles. The van der Waals surface area contributed by atoms with E-state index < -0.39 is 5.92 Å². The molecule has 21 heavy (non-hydrogen) atoms. The monoisotopic (exact) mass is 288 g/mol. The Morgan fingerprint density at radius 2 is 2.24 bits per heavy atom. The molecule has 1 aliphatic rings. The van der Waals surface area contributed by atoms with Crippen LogP contribution in [-0.2, 0) is 16.0 Å². The summed E-state index contributed by atoms with van der Waals surface area (Å²) >= 11 is 0. The van der Waals surface area contributed by atoms with Crippen LogP contribution in [0.4, 0.5) is 0 Å². The van der Waals surface area contributed by atoms with Crippen LogP contribution in [0.25, 0.3) is 0 Å². The lowest BCUT2D eigenvalue weighted by Crippen LogP contribution is -2.25. The molecule has 1 aromatic carbocycles. The lowest BCUT2D eigenvalue weighted by molar-refractivity contribution is -0.127. The molecule has 0 N–H and O–H groups in total. The number of carbonyl (C=O) groups is 1. The number of hydrogen-bond donors (Lipinski definition) is 0. The number of hydrogen-bond acceptors (Lipinski definition) is 6. The van der Waals surface area contributed by atoms with Gasteiger partial charge in [-0.1, -0.05) is 23.4 Å². The third-order valence-electron chi connectivity index (χ3n) is 3.49. The zero-order valence-corrected chi connectivity index (χ0v) is 11.7. The number of ether oxygens (including phenoxy) is 2. The number of rotatable bonds is 4. The highest BCUT2D eigenvalue weighted by atomic mass is 16.5. The Morgan fingerprint density at radius 3 is 3.05 bits per heavy atom. The molecular weight excluding hydrogens is 272 g/mol. The highest BCUT2D eigenvalue weighted by Gasteiger charge is 2.29. The summed E-state index contributed by atoms with van der Waals surface area (Å²) in [5.41, 5.74) is 0.971. The maximum absolute atomic E-state index is 11.8. The van der Waals surface area contributed by atoms with Gasteiger partial charge < -0.3 is 14.0 Å². The number of methoxy groups -OCH3 is 1. The van der Waals surface area contributed by atoms with E-state index in [1.54, 1.807) is 7.11 Å². The molecule has 1 fully saturated rings. The summed E-state index contributed by atoms with van der Waals surface area (Å²) < 4.78 is 15.8. The molecule has 0 radical (unpaired) electrons. The van der Waals surface area contributed by atoms with E-state index in [1.807, 2.05) is 24.3 Å². The van der Waals surface area contributed by atoms with Gasteiger partial charge >= 0.3 is 0 Å². The zero-order valence-electron chi connectivity index (χ0n) is 11.7. The van der Waals surface area contributed by atoms with Crippen LogP contribution in [0.15, 0.2) is 28.8 Å². The lowest BCUT2D eigenvalue weighted by atomic mass is 10.0. The van der Waals surface area contributed by atoms with Crippen molar-refractivity contribution in [3.8, 4) is 5.75 Å². The van der Waals surface area contributed by atoms with E-state index in [0.717, 1.165) is 11.3 Å². The minimum atomic E-state index is -0.433. The maximum atomic E-state index is 11.8. The average Bonchev–Trinajstić information content (AvgIpc) is 2.96. The van der Waals surface area contributed by atoms with Gasteiger partial charge in [0.25, 0.3) is 0 Å². The second-order valence-corrected chi connectivity index (χ2v) is 4.88. The summed E-state index contributed by atoms with van der Waals surface area (Å²) in [5.74, 6) is 1.31. The largest absolute Gasteiger partial charge is 0.496 e. The first-order valence-corrected chi connectivity index (χ1v) is 6.82. The van der Waals surface area contributed by atoms with E-state index >= 15 is 0 Å². The Bertz CT molecular complexity index is 638. The molecule has 110 valence electrons. The fraction of sp³-hybridized carbons (Fsp3) is 0.400. The normalized spacial score (nSPS) is 18.7. The number of Topliss-reactive ketones (excluding diaryl/α,β-unsaturated/α-hetero) is 1. The van der Waals surface area contributed by atoms with Crippen LogP contribution < -0.4 is 4.74 Å². The molecule has 6 nitrogen and oxygen atoms in total. The van der Waals surface area contributed by atoms with Gasteiger partial charge in [0.05, 0.1) is 20.3 Å². The van der Waals surface area contributed by atoms with Crippen LogP contribution in [0.2, 0.25) is 0 Å². The van der Waals surface area contributed by atoms with Crippen molar-refractivity contribution in [3.05, 3.63) is 41.5 Å². The molecule has 0 amide bonds. The number of benzene rings is 1. The lowest BCUT2D eigenvalue weighted by Gasteiger charge is -2.17. The van der Waals surface area contributed by atoms with Crippen molar-refractivity contribution in [1.82, 2.24) is 10.1 Å². The van der Waals surface area contributed by atoms with E-state index in [9.17, 15) is 4.79 Å². The maximum Gasteiger partial charge on any atom is 0.239 e. The predicted molar refractivity (Wildman–Crippen MR) is 73.3 cm³/mol.